The Labute approximate surface area is 87.8 Å². The maximum absolute atomic E-state index is 10.4. The maximum Gasteiger partial charge on any atom is 0.253 e. The predicted octanol–water partition coefficient (Wildman–Crippen LogP) is 1.49. The number of fused-ring (bicyclic) bond motifs is 1. The third kappa shape index (κ3) is 2.34. The first-order chi connectivity index (χ1) is 7.25. The Hall–Kier alpha value is -1.84. The number of benzene rings is 1. The summed E-state index contributed by atoms with van der Waals surface area (Å²) in [6.07, 6.45) is 2.60. The van der Waals surface area contributed by atoms with Gasteiger partial charge in [-0.1, -0.05) is 24.3 Å². The van der Waals surface area contributed by atoms with E-state index >= 15 is 0 Å². The lowest BCUT2D eigenvalue weighted by atomic mass is 10.0. The highest BCUT2D eigenvalue weighted by Gasteiger charge is 2.11. The first-order valence-corrected chi connectivity index (χ1v) is 4.90. The van der Waals surface area contributed by atoms with E-state index in [4.69, 9.17) is 0 Å². The molecule has 2 rings (SSSR count). The molecule has 0 bridgehead atoms. The number of hydrogen-bond donors (Lipinski definition) is 1. The standard InChI is InChI=1S/C11H12N2O2/c14-13(15)8-11-7-10-4-2-1-3-9(10)5-6-12-11/h1-4,8,12H,5-7H2. The van der Waals surface area contributed by atoms with Gasteiger partial charge in [-0.15, -0.1) is 0 Å². The first-order valence-electron chi connectivity index (χ1n) is 4.90. The Morgan fingerprint density at radius 2 is 2.07 bits per heavy atom. The maximum atomic E-state index is 10.4. The van der Waals surface area contributed by atoms with Crippen molar-refractivity contribution in [2.75, 3.05) is 6.54 Å². The van der Waals surface area contributed by atoms with Crippen LogP contribution in [0, 0.1) is 10.1 Å². The smallest absolute Gasteiger partial charge is 0.253 e. The molecule has 0 unspecified atom stereocenters. The van der Waals surface area contributed by atoms with Crippen molar-refractivity contribution < 1.29 is 4.92 Å². The van der Waals surface area contributed by atoms with E-state index in [1.54, 1.807) is 0 Å². The topological polar surface area (TPSA) is 55.2 Å². The molecular weight excluding hydrogens is 192 g/mol. The zero-order valence-electron chi connectivity index (χ0n) is 8.27. The predicted molar refractivity (Wildman–Crippen MR) is 56.9 cm³/mol. The number of allylic oxidation sites excluding steroid dienone is 1. The second-order valence-electron chi connectivity index (χ2n) is 3.56. The number of nitro groups is 1. The van der Waals surface area contributed by atoms with Crippen LogP contribution < -0.4 is 5.32 Å². The highest BCUT2D eigenvalue weighted by atomic mass is 16.6. The van der Waals surface area contributed by atoms with E-state index < -0.39 is 4.92 Å². The molecule has 1 aromatic rings. The summed E-state index contributed by atoms with van der Waals surface area (Å²) in [5.74, 6) is 0. The molecule has 1 aliphatic heterocycles. The molecule has 0 amide bonds. The minimum Gasteiger partial charge on any atom is -0.383 e. The van der Waals surface area contributed by atoms with Crippen LogP contribution in [0.4, 0.5) is 0 Å². The first kappa shape index (κ1) is 9.71. The van der Waals surface area contributed by atoms with Gasteiger partial charge in [0.05, 0.1) is 10.6 Å². The highest BCUT2D eigenvalue weighted by Crippen LogP contribution is 2.16. The minimum absolute atomic E-state index is 0.406. The molecule has 4 heteroatoms. The van der Waals surface area contributed by atoms with E-state index in [0.717, 1.165) is 19.2 Å². The summed E-state index contributed by atoms with van der Waals surface area (Å²) in [7, 11) is 0. The Morgan fingerprint density at radius 3 is 2.80 bits per heavy atom. The third-order valence-electron chi connectivity index (χ3n) is 2.51. The molecule has 78 valence electrons. The van der Waals surface area contributed by atoms with Crippen molar-refractivity contribution in [2.24, 2.45) is 0 Å². The molecule has 1 heterocycles. The fourth-order valence-electron chi connectivity index (χ4n) is 1.82. The van der Waals surface area contributed by atoms with Crippen molar-refractivity contribution in [1.29, 1.82) is 0 Å². The molecule has 0 aromatic heterocycles. The fraction of sp³-hybridized carbons (Fsp3) is 0.273. The summed E-state index contributed by atoms with van der Waals surface area (Å²) < 4.78 is 0. The molecule has 15 heavy (non-hydrogen) atoms. The molecule has 1 N–H and O–H groups in total. The van der Waals surface area contributed by atoms with Crippen molar-refractivity contribution >= 4 is 0 Å². The van der Waals surface area contributed by atoms with Gasteiger partial charge in [0, 0.05) is 13.0 Å². The largest absolute Gasteiger partial charge is 0.383 e. The third-order valence-corrected chi connectivity index (χ3v) is 2.51. The molecule has 0 fully saturated rings. The summed E-state index contributed by atoms with van der Waals surface area (Å²) in [6, 6.07) is 8.07. The summed E-state index contributed by atoms with van der Waals surface area (Å²) in [6.45, 7) is 0.761. The molecule has 0 aliphatic carbocycles. The van der Waals surface area contributed by atoms with Crippen LogP contribution in [0.15, 0.2) is 36.2 Å². The van der Waals surface area contributed by atoms with Gasteiger partial charge in [0.1, 0.15) is 0 Å². The molecule has 1 aliphatic rings. The van der Waals surface area contributed by atoms with Crippen LogP contribution in [0.5, 0.6) is 0 Å². The van der Waals surface area contributed by atoms with E-state index in [-0.39, 0.29) is 0 Å². The molecule has 0 atom stereocenters. The average Bonchev–Trinajstić information content (AvgIpc) is 2.38. The minimum atomic E-state index is -0.406. The van der Waals surface area contributed by atoms with Crippen LogP contribution in [0.25, 0.3) is 0 Å². The van der Waals surface area contributed by atoms with Gasteiger partial charge < -0.3 is 5.32 Å². The van der Waals surface area contributed by atoms with Gasteiger partial charge in [0.2, 0.25) is 0 Å². The van der Waals surface area contributed by atoms with Crippen LogP contribution in [-0.2, 0) is 12.8 Å². The van der Waals surface area contributed by atoms with Crippen molar-refractivity contribution in [3.63, 3.8) is 0 Å². The van der Waals surface area contributed by atoms with E-state index in [1.165, 1.54) is 11.1 Å². The van der Waals surface area contributed by atoms with Crippen LogP contribution in [0.1, 0.15) is 11.1 Å². The number of nitrogens with one attached hydrogen (secondary N) is 1. The van der Waals surface area contributed by atoms with Crippen molar-refractivity contribution in [3.8, 4) is 0 Å². The summed E-state index contributed by atoms with van der Waals surface area (Å²) >= 11 is 0. The van der Waals surface area contributed by atoms with E-state index in [1.807, 2.05) is 18.2 Å². The second-order valence-corrected chi connectivity index (χ2v) is 3.56. The Bertz CT molecular complexity index is 413. The van der Waals surface area contributed by atoms with Gasteiger partial charge in [-0.25, -0.2) is 0 Å². The lowest BCUT2D eigenvalue weighted by molar-refractivity contribution is -0.403. The molecule has 4 nitrogen and oxygen atoms in total. The van der Waals surface area contributed by atoms with E-state index in [2.05, 4.69) is 11.4 Å². The van der Waals surface area contributed by atoms with E-state index in [9.17, 15) is 10.1 Å². The van der Waals surface area contributed by atoms with E-state index in [0.29, 0.717) is 12.1 Å². The van der Waals surface area contributed by atoms with Gasteiger partial charge in [-0.2, -0.15) is 0 Å². The van der Waals surface area contributed by atoms with Gasteiger partial charge in [0.25, 0.3) is 6.20 Å². The molecule has 1 aromatic carbocycles. The SMILES string of the molecule is O=[N+]([O-])C=C1Cc2ccccc2CCN1. The Balaban J connectivity index is 2.28. The number of nitrogens with zero attached hydrogens (tertiary/aromatic N) is 1. The number of hydrogen-bond acceptors (Lipinski definition) is 3. The lowest BCUT2D eigenvalue weighted by Crippen LogP contribution is -2.15. The zero-order valence-corrected chi connectivity index (χ0v) is 8.27. The van der Waals surface area contributed by atoms with Crippen LogP contribution in [0.3, 0.4) is 0 Å². The molecule has 0 saturated carbocycles. The van der Waals surface area contributed by atoms with Crippen LogP contribution in [0.2, 0.25) is 0 Å². The van der Waals surface area contributed by atoms with Crippen LogP contribution in [-0.4, -0.2) is 11.5 Å². The normalized spacial score (nSPS) is 17.7. The quantitative estimate of drug-likeness (QED) is 0.557. The summed E-state index contributed by atoms with van der Waals surface area (Å²) in [5, 5.41) is 13.5. The Morgan fingerprint density at radius 1 is 1.33 bits per heavy atom. The van der Waals surface area contributed by atoms with Gasteiger partial charge >= 0.3 is 0 Å². The summed E-state index contributed by atoms with van der Waals surface area (Å²) in [4.78, 5) is 9.97. The zero-order chi connectivity index (χ0) is 10.7. The monoisotopic (exact) mass is 204 g/mol. The average molecular weight is 204 g/mol. The lowest BCUT2D eigenvalue weighted by Gasteiger charge is -2.03. The second kappa shape index (κ2) is 4.13. The molecule has 0 saturated heterocycles. The summed E-state index contributed by atoms with van der Waals surface area (Å²) in [5.41, 5.74) is 3.14. The van der Waals surface area contributed by atoms with Gasteiger partial charge in [-0.3, -0.25) is 10.1 Å². The highest BCUT2D eigenvalue weighted by molar-refractivity contribution is 5.32. The Kier molecular flexibility index (Phi) is 2.67. The molecule has 0 radical (unpaired) electrons. The van der Waals surface area contributed by atoms with Crippen LogP contribution >= 0.6 is 0 Å². The van der Waals surface area contributed by atoms with Gasteiger partial charge in [0.15, 0.2) is 0 Å². The number of rotatable bonds is 1. The van der Waals surface area contributed by atoms with Crippen molar-refractivity contribution in [3.05, 3.63) is 57.4 Å². The molecular formula is C11H12N2O2. The van der Waals surface area contributed by atoms with Crippen molar-refractivity contribution in [2.45, 2.75) is 12.8 Å². The van der Waals surface area contributed by atoms with Gasteiger partial charge in [-0.05, 0) is 17.5 Å². The fourth-order valence-corrected chi connectivity index (χ4v) is 1.82. The molecule has 0 spiro atoms. The van der Waals surface area contributed by atoms with Crippen molar-refractivity contribution in [1.82, 2.24) is 5.32 Å².